The first-order chi connectivity index (χ1) is 32.3. The van der Waals surface area contributed by atoms with Gasteiger partial charge in [0.15, 0.2) is 17.5 Å². The van der Waals surface area contributed by atoms with Gasteiger partial charge in [0.05, 0.1) is 22.1 Å². The second-order valence-corrected chi connectivity index (χ2v) is 17.6. The molecule has 5 heteroatoms. The molecule has 0 N–H and O–H groups in total. The summed E-state index contributed by atoms with van der Waals surface area (Å²) in [6.45, 7) is 0. The second-order valence-electron chi connectivity index (χ2n) is 17.6. The van der Waals surface area contributed by atoms with Crippen molar-refractivity contribution in [2.24, 2.45) is 0 Å². The fourth-order valence-corrected chi connectivity index (χ4v) is 12.3. The highest BCUT2D eigenvalue weighted by atomic mass is 15.1. The molecule has 0 radical (unpaired) electrons. The molecule has 2 spiro atoms. The van der Waals surface area contributed by atoms with Crippen molar-refractivity contribution < 1.29 is 0 Å². The van der Waals surface area contributed by atoms with Crippen molar-refractivity contribution in [3.05, 3.63) is 257 Å². The summed E-state index contributed by atoms with van der Waals surface area (Å²) in [5.41, 5.74) is 20.9. The van der Waals surface area contributed by atoms with Crippen molar-refractivity contribution in [1.82, 2.24) is 24.5 Å². The molecule has 5 nitrogen and oxygen atoms in total. The standard InChI is InChI=1S/C60H35N5/c1-2-18-36(19-3-1)55-62-56(41-24-16-31-48-53(41)39-22-6-10-28-45(39)59(48)43-26-8-4-20-37(43)38-21-5-9-27-44(38)59)64-57(63-55)42-25-17-32-49-54(42)40-23-7-11-29-46(40)60(49)47-30-12-14-34-51(47)65-52-35-15-13-33-50(52)61-58(60)65/h1-35H. The van der Waals surface area contributed by atoms with E-state index in [2.05, 4.69) is 211 Å². The van der Waals surface area contributed by atoms with Gasteiger partial charge in [0, 0.05) is 16.7 Å². The first kappa shape index (κ1) is 35.0. The number of para-hydroxylation sites is 3. The topological polar surface area (TPSA) is 56.5 Å². The van der Waals surface area contributed by atoms with Crippen LogP contribution in [0.15, 0.2) is 212 Å². The normalized spacial score (nSPS) is 15.9. The van der Waals surface area contributed by atoms with Crippen molar-refractivity contribution in [3.63, 3.8) is 0 Å². The van der Waals surface area contributed by atoms with Crippen LogP contribution < -0.4 is 0 Å². The summed E-state index contributed by atoms with van der Waals surface area (Å²) in [6, 6.07) is 76.7. The van der Waals surface area contributed by atoms with Crippen LogP contribution in [0.5, 0.6) is 0 Å². The van der Waals surface area contributed by atoms with Crippen molar-refractivity contribution in [3.8, 4) is 73.2 Å². The smallest absolute Gasteiger partial charge is 0.164 e. The van der Waals surface area contributed by atoms with Crippen molar-refractivity contribution >= 4 is 11.0 Å². The zero-order valence-corrected chi connectivity index (χ0v) is 34.9. The number of hydrogen-bond donors (Lipinski definition) is 0. The molecule has 1 atom stereocenters. The lowest BCUT2D eigenvalue weighted by atomic mass is 9.70. The van der Waals surface area contributed by atoms with E-state index >= 15 is 0 Å². The Morgan fingerprint density at radius 1 is 0.292 bits per heavy atom. The lowest BCUT2D eigenvalue weighted by Gasteiger charge is -2.30. The third-order valence-corrected chi connectivity index (χ3v) is 14.7. The Labute approximate surface area is 375 Å². The summed E-state index contributed by atoms with van der Waals surface area (Å²) >= 11 is 0. The van der Waals surface area contributed by atoms with Gasteiger partial charge in [-0.1, -0.05) is 194 Å². The van der Waals surface area contributed by atoms with Crippen LogP contribution in [0.1, 0.15) is 44.8 Å². The number of imidazole rings is 1. The molecule has 0 saturated heterocycles. The van der Waals surface area contributed by atoms with Crippen LogP contribution in [-0.4, -0.2) is 24.5 Å². The van der Waals surface area contributed by atoms with Crippen molar-refractivity contribution in [1.29, 1.82) is 0 Å². The van der Waals surface area contributed by atoms with Gasteiger partial charge in [-0.3, -0.25) is 4.57 Å². The molecular formula is C60H35N5. The molecule has 0 bridgehead atoms. The highest BCUT2D eigenvalue weighted by Gasteiger charge is 2.55. The highest BCUT2D eigenvalue weighted by Crippen LogP contribution is 2.65. The summed E-state index contributed by atoms with van der Waals surface area (Å²) < 4.78 is 2.37. The van der Waals surface area contributed by atoms with Gasteiger partial charge >= 0.3 is 0 Å². The van der Waals surface area contributed by atoms with Crippen LogP contribution in [-0.2, 0) is 10.8 Å². The van der Waals surface area contributed by atoms with Gasteiger partial charge in [0.1, 0.15) is 11.2 Å². The van der Waals surface area contributed by atoms with Crippen LogP contribution in [0.4, 0.5) is 0 Å². The zero-order valence-electron chi connectivity index (χ0n) is 34.9. The molecule has 1 unspecified atom stereocenters. The first-order valence-corrected chi connectivity index (χ1v) is 22.3. The first-order valence-electron chi connectivity index (χ1n) is 22.3. The molecule has 65 heavy (non-hydrogen) atoms. The van der Waals surface area contributed by atoms with E-state index in [0.29, 0.717) is 17.5 Å². The summed E-state index contributed by atoms with van der Waals surface area (Å²) in [4.78, 5) is 21.9. The fraction of sp³-hybridized carbons (Fsp3) is 0.0333. The Balaban J connectivity index is 1.01. The van der Waals surface area contributed by atoms with Gasteiger partial charge in [-0.25, -0.2) is 19.9 Å². The van der Waals surface area contributed by atoms with Crippen LogP contribution in [0.3, 0.4) is 0 Å². The average molecular weight is 826 g/mol. The largest absolute Gasteiger partial charge is 0.295 e. The monoisotopic (exact) mass is 825 g/mol. The molecule has 15 rings (SSSR count). The Kier molecular flexibility index (Phi) is 6.76. The van der Waals surface area contributed by atoms with Gasteiger partial charge in [-0.05, 0) is 90.5 Å². The third-order valence-electron chi connectivity index (χ3n) is 14.7. The van der Waals surface area contributed by atoms with Crippen LogP contribution in [0.2, 0.25) is 0 Å². The molecule has 0 fully saturated rings. The van der Waals surface area contributed by atoms with E-state index in [9.17, 15) is 0 Å². The minimum absolute atomic E-state index is 0.487. The number of fused-ring (bicyclic) bond motifs is 22. The Bertz CT molecular complexity index is 3820. The number of nitrogens with zero attached hydrogens (tertiary/aromatic N) is 5. The third kappa shape index (κ3) is 4.24. The average Bonchev–Trinajstić information content (AvgIpc) is 4.15. The van der Waals surface area contributed by atoms with Crippen LogP contribution in [0.25, 0.3) is 84.3 Å². The predicted molar refractivity (Wildman–Crippen MR) is 258 cm³/mol. The van der Waals surface area contributed by atoms with Gasteiger partial charge in [0.2, 0.25) is 0 Å². The Hall–Kier alpha value is -8.54. The maximum atomic E-state index is 5.60. The van der Waals surface area contributed by atoms with Crippen LogP contribution >= 0.6 is 0 Å². The van der Waals surface area contributed by atoms with Crippen molar-refractivity contribution in [2.45, 2.75) is 10.8 Å². The second kappa shape index (κ2) is 12.6. The molecular weight excluding hydrogens is 791 g/mol. The summed E-state index contributed by atoms with van der Waals surface area (Å²) in [6.07, 6.45) is 0. The molecule has 2 aromatic heterocycles. The van der Waals surface area contributed by atoms with E-state index < -0.39 is 10.8 Å². The van der Waals surface area contributed by atoms with E-state index in [1.165, 1.54) is 55.6 Å². The molecule has 0 amide bonds. The molecule has 300 valence electrons. The highest BCUT2D eigenvalue weighted by molar-refractivity contribution is 6.00. The van der Waals surface area contributed by atoms with Gasteiger partial charge in [-0.2, -0.15) is 0 Å². The number of hydrogen-bond acceptors (Lipinski definition) is 4. The van der Waals surface area contributed by atoms with E-state index in [-0.39, 0.29) is 0 Å². The quantitative estimate of drug-likeness (QED) is 0.178. The Morgan fingerprint density at radius 2 is 0.723 bits per heavy atom. The van der Waals surface area contributed by atoms with E-state index in [0.717, 1.165) is 55.9 Å². The maximum Gasteiger partial charge on any atom is 0.164 e. The summed E-state index contributed by atoms with van der Waals surface area (Å²) in [5, 5.41) is 0. The number of rotatable bonds is 3. The van der Waals surface area contributed by atoms with Gasteiger partial charge in [0.25, 0.3) is 0 Å². The SMILES string of the molecule is c1ccc(-c2nc(-c3cccc4c3-c3ccccc3C43c4ccccc4-c4ccccc43)nc(-c3cccc4c3-c3ccccc3C43c4ccccc4-n4c3nc3ccccc34)n2)cc1. The minimum Gasteiger partial charge on any atom is -0.295 e. The summed E-state index contributed by atoms with van der Waals surface area (Å²) in [7, 11) is 0. The zero-order chi connectivity index (χ0) is 42.4. The van der Waals surface area contributed by atoms with Gasteiger partial charge < -0.3 is 0 Å². The Morgan fingerprint density at radius 3 is 1.35 bits per heavy atom. The predicted octanol–water partition coefficient (Wildman–Crippen LogP) is 13.2. The van der Waals surface area contributed by atoms with E-state index in [4.69, 9.17) is 19.9 Å². The molecule has 0 saturated carbocycles. The number of aromatic nitrogens is 5. The maximum absolute atomic E-state index is 5.60. The van der Waals surface area contributed by atoms with Gasteiger partial charge in [-0.15, -0.1) is 0 Å². The fourth-order valence-electron chi connectivity index (χ4n) is 12.3. The molecule has 11 aromatic rings. The molecule has 3 heterocycles. The van der Waals surface area contributed by atoms with E-state index in [1.54, 1.807) is 0 Å². The molecule has 3 aliphatic carbocycles. The molecule has 4 aliphatic rings. The van der Waals surface area contributed by atoms with Crippen molar-refractivity contribution in [2.75, 3.05) is 0 Å². The number of benzene rings is 9. The minimum atomic E-state index is -0.651. The van der Waals surface area contributed by atoms with Crippen LogP contribution in [0, 0.1) is 0 Å². The summed E-state index contributed by atoms with van der Waals surface area (Å²) in [5.74, 6) is 2.91. The van der Waals surface area contributed by atoms with E-state index in [1.807, 2.05) is 6.07 Å². The lowest BCUT2D eigenvalue weighted by molar-refractivity contribution is 0.738. The lowest BCUT2D eigenvalue weighted by Crippen LogP contribution is -2.27. The molecule has 1 aliphatic heterocycles. The molecule has 9 aromatic carbocycles.